The van der Waals surface area contributed by atoms with Gasteiger partial charge in [0.1, 0.15) is 11.5 Å². The maximum Gasteiger partial charge on any atom is 0.127 e. The van der Waals surface area contributed by atoms with Crippen molar-refractivity contribution < 1.29 is 9.47 Å². The summed E-state index contributed by atoms with van der Waals surface area (Å²) in [4.78, 5) is 4.26. The van der Waals surface area contributed by atoms with E-state index in [2.05, 4.69) is 4.98 Å². The molecular formula is C14H16N2O2. The van der Waals surface area contributed by atoms with Gasteiger partial charge >= 0.3 is 0 Å². The van der Waals surface area contributed by atoms with Crippen molar-refractivity contribution in [3.8, 4) is 11.5 Å². The van der Waals surface area contributed by atoms with E-state index in [0.717, 1.165) is 17.0 Å². The second-order valence-electron chi connectivity index (χ2n) is 3.84. The van der Waals surface area contributed by atoms with Crippen LogP contribution in [0, 0.1) is 0 Å². The molecule has 18 heavy (non-hydrogen) atoms. The number of nitrogens with two attached hydrogens (primary N) is 1. The molecule has 1 heterocycles. The number of nitrogens with zero attached hydrogens (tertiary/aromatic N) is 1. The summed E-state index contributed by atoms with van der Waals surface area (Å²) >= 11 is 0. The lowest BCUT2D eigenvalue weighted by atomic mass is 10.0. The summed E-state index contributed by atoms with van der Waals surface area (Å²) in [6.07, 6.45) is 1.73. The van der Waals surface area contributed by atoms with Crippen LogP contribution in [-0.4, -0.2) is 19.2 Å². The molecule has 0 fully saturated rings. The minimum Gasteiger partial charge on any atom is -0.497 e. The largest absolute Gasteiger partial charge is 0.497 e. The smallest absolute Gasteiger partial charge is 0.127 e. The molecule has 0 aliphatic carbocycles. The van der Waals surface area contributed by atoms with Gasteiger partial charge in [-0.1, -0.05) is 6.07 Å². The highest BCUT2D eigenvalue weighted by atomic mass is 16.5. The number of pyridine rings is 1. The molecule has 4 nitrogen and oxygen atoms in total. The van der Waals surface area contributed by atoms with Crippen LogP contribution < -0.4 is 15.2 Å². The molecule has 0 amide bonds. The van der Waals surface area contributed by atoms with Crippen molar-refractivity contribution in [3.63, 3.8) is 0 Å². The molecule has 0 spiro atoms. The summed E-state index contributed by atoms with van der Waals surface area (Å²) in [7, 11) is 3.23. The highest BCUT2D eigenvalue weighted by molar-refractivity contribution is 5.44. The molecule has 0 bridgehead atoms. The van der Waals surface area contributed by atoms with Crippen LogP contribution >= 0.6 is 0 Å². The van der Waals surface area contributed by atoms with Crippen molar-refractivity contribution in [2.75, 3.05) is 14.2 Å². The minimum atomic E-state index is -0.313. The molecule has 1 aromatic heterocycles. The van der Waals surface area contributed by atoms with E-state index in [1.54, 1.807) is 20.4 Å². The Morgan fingerprint density at radius 1 is 1.11 bits per heavy atom. The van der Waals surface area contributed by atoms with Gasteiger partial charge in [-0.3, -0.25) is 4.98 Å². The molecule has 0 radical (unpaired) electrons. The Morgan fingerprint density at radius 3 is 2.56 bits per heavy atom. The van der Waals surface area contributed by atoms with Crippen LogP contribution in [0.15, 0.2) is 42.6 Å². The Hall–Kier alpha value is -2.07. The quantitative estimate of drug-likeness (QED) is 0.895. The summed E-state index contributed by atoms with van der Waals surface area (Å²) in [6.45, 7) is 0. The van der Waals surface area contributed by atoms with E-state index in [1.807, 2.05) is 36.4 Å². The van der Waals surface area contributed by atoms with Crippen LogP contribution in [0.3, 0.4) is 0 Å². The molecule has 0 aliphatic rings. The minimum absolute atomic E-state index is 0.313. The monoisotopic (exact) mass is 244 g/mol. The van der Waals surface area contributed by atoms with Crippen molar-refractivity contribution in [2.45, 2.75) is 6.04 Å². The van der Waals surface area contributed by atoms with Gasteiger partial charge in [0.2, 0.25) is 0 Å². The van der Waals surface area contributed by atoms with Gasteiger partial charge in [-0.25, -0.2) is 0 Å². The normalized spacial score (nSPS) is 11.9. The molecule has 1 aromatic carbocycles. The fourth-order valence-corrected chi connectivity index (χ4v) is 1.79. The molecular weight excluding hydrogens is 228 g/mol. The van der Waals surface area contributed by atoms with Gasteiger partial charge < -0.3 is 15.2 Å². The average molecular weight is 244 g/mol. The Balaban J connectivity index is 2.38. The first-order valence-electron chi connectivity index (χ1n) is 5.64. The summed E-state index contributed by atoms with van der Waals surface area (Å²) in [5, 5.41) is 0. The number of methoxy groups -OCH3 is 2. The first-order chi connectivity index (χ1) is 8.76. The van der Waals surface area contributed by atoms with Crippen molar-refractivity contribution >= 4 is 0 Å². The number of hydrogen-bond donors (Lipinski definition) is 1. The van der Waals surface area contributed by atoms with Gasteiger partial charge in [-0.15, -0.1) is 0 Å². The van der Waals surface area contributed by atoms with Crippen molar-refractivity contribution in [2.24, 2.45) is 5.73 Å². The van der Waals surface area contributed by atoms with Gasteiger partial charge in [-0.2, -0.15) is 0 Å². The van der Waals surface area contributed by atoms with Crippen LogP contribution in [0.4, 0.5) is 0 Å². The topological polar surface area (TPSA) is 57.4 Å². The van der Waals surface area contributed by atoms with Gasteiger partial charge in [-0.05, 0) is 24.3 Å². The Bertz CT molecular complexity index is 514. The molecule has 2 rings (SSSR count). The summed E-state index contributed by atoms with van der Waals surface area (Å²) in [6, 6.07) is 10.9. The first-order valence-corrected chi connectivity index (χ1v) is 5.64. The van der Waals surface area contributed by atoms with Crippen molar-refractivity contribution in [3.05, 3.63) is 53.9 Å². The number of hydrogen-bond acceptors (Lipinski definition) is 4. The van der Waals surface area contributed by atoms with Crippen molar-refractivity contribution in [1.29, 1.82) is 0 Å². The molecule has 0 saturated carbocycles. The highest BCUT2D eigenvalue weighted by Crippen LogP contribution is 2.30. The zero-order valence-corrected chi connectivity index (χ0v) is 10.5. The summed E-state index contributed by atoms with van der Waals surface area (Å²) in [5.41, 5.74) is 7.89. The van der Waals surface area contributed by atoms with E-state index in [0.29, 0.717) is 5.75 Å². The Morgan fingerprint density at radius 2 is 1.94 bits per heavy atom. The number of aromatic nitrogens is 1. The van der Waals surface area contributed by atoms with E-state index >= 15 is 0 Å². The van der Waals surface area contributed by atoms with Crippen LogP contribution in [0.25, 0.3) is 0 Å². The lowest BCUT2D eigenvalue weighted by Gasteiger charge is -2.16. The maximum atomic E-state index is 6.20. The summed E-state index contributed by atoms with van der Waals surface area (Å²) < 4.78 is 10.5. The zero-order valence-electron chi connectivity index (χ0n) is 10.5. The maximum absolute atomic E-state index is 6.20. The standard InChI is InChI=1S/C14H16N2O2/c1-17-10-6-7-11(13(9-10)18-2)14(15)12-5-3-4-8-16-12/h3-9,14H,15H2,1-2H3. The van der Waals surface area contributed by atoms with Gasteiger partial charge in [0, 0.05) is 17.8 Å². The number of ether oxygens (including phenoxy) is 2. The molecule has 1 atom stereocenters. The zero-order chi connectivity index (χ0) is 13.0. The molecule has 4 heteroatoms. The lowest BCUT2D eigenvalue weighted by Crippen LogP contribution is -2.14. The predicted molar refractivity (Wildman–Crippen MR) is 69.8 cm³/mol. The second kappa shape index (κ2) is 5.51. The number of rotatable bonds is 4. The fourth-order valence-electron chi connectivity index (χ4n) is 1.79. The van der Waals surface area contributed by atoms with Gasteiger partial charge in [0.05, 0.1) is 26.0 Å². The third-order valence-corrected chi connectivity index (χ3v) is 2.78. The Labute approximate surface area is 106 Å². The molecule has 1 unspecified atom stereocenters. The van der Waals surface area contributed by atoms with Crippen LogP contribution in [0.5, 0.6) is 11.5 Å². The van der Waals surface area contributed by atoms with E-state index < -0.39 is 0 Å². The highest BCUT2D eigenvalue weighted by Gasteiger charge is 2.15. The fraction of sp³-hybridized carbons (Fsp3) is 0.214. The predicted octanol–water partition coefficient (Wildman–Crippen LogP) is 2.15. The van der Waals surface area contributed by atoms with Crippen molar-refractivity contribution in [1.82, 2.24) is 4.98 Å². The SMILES string of the molecule is COc1ccc(C(N)c2ccccn2)c(OC)c1. The van der Waals surface area contributed by atoms with E-state index in [-0.39, 0.29) is 6.04 Å². The van der Waals surface area contributed by atoms with Crippen LogP contribution in [0.2, 0.25) is 0 Å². The lowest BCUT2D eigenvalue weighted by molar-refractivity contribution is 0.389. The molecule has 2 aromatic rings. The molecule has 0 aliphatic heterocycles. The van der Waals surface area contributed by atoms with Crippen LogP contribution in [-0.2, 0) is 0 Å². The molecule has 2 N–H and O–H groups in total. The van der Waals surface area contributed by atoms with E-state index in [1.165, 1.54) is 0 Å². The van der Waals surface area contributed by atoms with E-state index in [4.69, 9.17) is 15.2 Å². The van der Waals surface area contributed by atoms with Crippen LogP contribution in [0.1, 0.15) is 17.3 Å². The Kier molecular flexibility index (Phi) is 3.79. The van der Waals surface area contributed by atoms with Gasteiger partial charge in [0.25, 0.3) is 0 Å². The third-order valence-electron chi connectivity index (χ3n) is 2.78. The van der Waals surface area contributed by atoms with E-state index in [9.17, 15) is 0 Å². The number of benzene rings is 1. The second-order valence-corrected chi connectivity index (χ2v) is 3.84. The van der Waals surface area contributed by atoms with Gasteiger partial charge in [0.15, 0.2) is 0 Å². The molecule has 94 valence electrons. The molecule has 0 saturated heterocycles. The summed E-state index contributed by atoms with van der Waals surface area (Å²) in [5.74, 6) is 1.44. The third kappa shape index (κ3) is 2.43. The first kappa shape index (κ1) is 12.4. The average Bonchev–Trinajstić information content (AvgIpc) is 2.46.